The van der Waals surface area contributed by atoms with Crippen molar-refractivity contribution in [2.24, 2.45) is 0 Å². The lowest BCUT2D eigenvalue weighted by molar-refractivity contribution is -0.123. The largest absolute Gasteiger partial charge is 0.394 e. The average molecular weight is 901 g/mol. The van der Waals surface area contributed by atoms with Crippen molar-refractivity contribution in [2.45, 2.75) is 347 Å². The summed E-state index contributed by atoms with van der Waals surface area (Å²) in [5.74, 6) is -0.0584. The Morgan fingerprint density at radius 1 is 0.359 bits per heavy atom. The minimum atomic E-state index is -0.838. The Morgan fingerprint density at radius 3 is 0.859 bits per heavy atom. The zero-order chi connectivity index (χ0) is 46.3. The van der Waals surface area contributed by atoms with Gasteiger partial charge in [0.05, 0.1) is 18.8 Å². The lowest BCUT2D eigenvalue weighted by Crippen LogP contribution is -2.45. The summed E-state index contributed by atoms with van der Waals surface area (Å²) in [6, 6.07) is -0.621. The van der Waals surface area contributed by atoms with Gasteiger partial charge in [-0.15, -0.1) is 0 Å². The number of aliphatic hydroxyl groups is 2. The van der Waals surface area contributed by atoms with E-state index in [-0.39, 0.29) is 12.5 Å². The van der Waals surface area contributed by atoms with E-state index in [1.807, 2.05) is 6.08 Å². The zero-order valence-corrected chi connectivity index (χ0v) is 43.8. The number of nitrogens with one attached hydrogen (secondary N) is 1. The molecule has 0 spiro atoms. The number of allylic oxidation sites excluding steroid dienone is 3. The summed E-state index contributed by atoms with van der Waals surface area (Å²) in [5, 5.41) is 23.2. The molecule has 0 aliphatic carbocycles. The lowest BCUT2D eigenvalue weighted by atomic mass is 10.0. The van der Waals surface area contributed by atoms with Crippen LogP contribution in [0, 0.1) is 0 Å². The summed E-state index contributed by atoms with van der Waals surface area (Å²) in [4.78, 5) is 12.5. The van der Waals surface area contributed by atoms with Gasteiger partial charge in [0.15, 0.2) is 0 Å². The standard InChI is InChI=1S/C60H117NO3/c1-3-5-7-9-11-13-15-17-19-21-23-25-27-29-30-31-32-34-36-38-40-42-44-46-48-50-52-54-56-60(64)61-58(57-62)59(63)55-53-51-49-47-45-43-41-39-37-35-33-28-26-24-22-20-18-16-14-12-10-8-6-4-2/h29-30,53,55,58-59,62-63H,3-28,31-52,54,56-57H2,1-2H3,(H,61,64)/b30-29-,55-53+. The van der Waals surface area contributed by atoms with Crippen molar-refractivity contribution in [2.75, 3.05) is 6.61 Å². The third-order valence-corrected chi connectivity index (χ3v) is 13.9. The molecular weight excluding hydrogens is 783 g/mol. The normalized spacial score (nSPS) is 12.9. The Bertz CT molecular complexity index is 932. The van der Waals surface area contributed by atoms with Crippen LogP contribution < -0.4 is 5.32 Å². The third-order valence-electron chi connectivity index (χ3n) is 13.9. The fraction of sp³-hybridized carbons (Fsp3) is 0.917. The molecule has 0 aromatic carbocycles. The minimum absolute atomic E-state index is 0.0584. The summed E-state index contributed by atoms with van der Waals surface area (Å²) in [5.41, 5.74) is 0. The molecule has 0 bridgehead atoms. The predicted octanol–water partition coefficient (Wildman–Crippen LogP) is 19.5. The van der Waals surface area contributed by atoms with E-state index >= 15 is 0 Å². The van der Waals surface area contributed by atoms with Gasteiger partial charge in [0, 0.05) is 6.42 Å². The third kappa shape index (κ3) is 51.8. The van der Waals surface area contributed by atoms with Crippen molar-refractivity contribution in [1.29, 1.82) is 0 Å². The zero-order valence-electron chi connectivity index (χ0n) is 43.8. The summed E-state index contributed by atoms with van der Waals surface area (Å²) >= 11 is 0. The van der Waals surface area contributed by atoms with E-state index < -0.39 is 12.1 Å². The Labute approximate surface area is 402 Å². The van der Waals surface area contributed by atoms with Gasteiger partial charge in [-0.1, -0.05) is 308 Å². The van der Waals surface area contributed by atoms with Gasteiger partial charge < -0.3 is 15.5 Å². The summed E-state index contributed by atoms with van der Waals surface area (Å²) in [7, 11) is 0. The van der Waals surface area contributed by atoms with Crippen molar-refractivity contribution in [3.63, 3.8) is 0 Å². The van der Waals surface area contributed by atoms with E-state index in [1.165, 1.54) is 289 Å². The second-order valence-electron chi connectivity index (χ2n) is 20.4. The van der Waals surface area contributed by atoms with Crippen molar-refractivity contribution >= 4 is 5.91 Å². The molecule has 0 rings (SSSR count). The van der Waals surface area contributed by atoms with Crippen LogP contribution in [0.25, 0.3) is 0 Å². The van der Waals surface area contributed by atoms with Gasteiger partial charge in [0.2, 0.25) is 5.91 Å². The van der Waals surface area contributed by atoms with Crippen LogP contribution in [0.2, 0.25) is 0 Å². The van der Waals surface area contributed by atoms with Crippen molar-refractivity contribution in [1.82, 2.24) is 5.32 Å². The van der Waals surface area contributed by atoms with Gasteiger partial charge in [0.1, 0.15) is 0 Å². The van der Waals surface area contributed by atoms with E-state index in [1.54, 1.807) is 6.08 Å². The second kappa shape index (κ2) is 56.2. The summed E-state index contributed by atoms with van der Waals surface area (Å²) < 4.78 is 0. The number of amides is 1. The molecule has 0 saturated heterocycles. The van der Waals surface area contributed by atoms with Crippen molar-refractivity contribution in [3.8, 4) is 0 Å². The second-order valence-corrected chi connectivity index (χ2v) is 20.4. The fourth-order valence-corrected chi connectivity index (χ4v) is 9.41. The number of carbonyl (C=O) groups excluding carboxylic acids is 1. The number of carbonyl (C=O) groups is 1. The molecule has 380 valence electrons. The maximum absolute atomic E-state index is 12.5. The van der Waals surface area contributed by atoms with E-state index in [0.29, 0.717) is 6.42 Å². The van der Waals surface area contributed by atoms with Crippen LogP contribution in [-0.2, 0) is 4.79 Å². The molecule has 2 atom stereocenters. The first-order valence-corrected chi connectivity index (χ1v) is 29.6. The van der Waals surface area contributed by atoms with Crippen molar-refractivity contribution in [3.05, 3.63) is 24.3 Å². The molecule has 1 amide bonds. The minimum Gasteiger partial charge on any atom is -0.394 e. The highest BCUT2D eigenvalue weighted by Gasteiger charge is 2.18. The quantitative estimate of drug-likeness (QED) is 0.0421. The molecule has 3 N–H and O–H groups in total. The highest BCUT2D eigenvalue weighted by molar-refractivity contribution is 5.76. The topological polar surface area (TPSA) is 69.6 Å². The van der Waals surface area contributed by atoms with Crippen LogP contribution >= 0.6 is 0 Å². The van der Waals surface area contributed by atoms with Crippen LogP contribution in [0.3, 0.4) is 0 Å². The molecule has 0 saturated carbocycles. The van der Waals surface area contributed by atoms with Gasteiger partial charge in [-0.05, 0) is 44.9 Å². The predicted molar refractivity (Wildman–Crippen MR) is 286 cm³/mol. The molecule has 2 unspecified atom stereocenters. The van der Waals surface area contributed by atoms with Gasteiger partial charge in [-0.2, -0.15) is 0 Å². The molecule has 0 aliphatic heterocycles. The first-order chi connectivity index (χ1) is 31.7. The number of hydrogen-bond acceptors (Lipinski definition) is 3. The van der Waals surface area contributed by atoms with Gasteiger partial charge in [0.25, 0.3) is 0 Å². The summed E-state index contributed by atoms with van der Waals surface area (Å²) in [6.07, 6.45) is 75.0. The number of aliphatic hydroxyl groups excluding tert-OH is 2. The molecule has 0 aromatic rings. The molecule has 0 radical (unpaired) electrons. The average Bonchev–Trinajstić information content (AvgIpc) is 3.30. The first-order valence-electron chi connectivity index (χ1n) is 29.6. The maximum Gasteiger partial charge on any atom is 0.220 e. The Balaban J connectivity index is 3.46. The highest BCUT2D eigenvalue weighted by atomic mass is 16.3. The molecule has 0 aromatic heterocycles. The number of unbranched alkanes of at least 4 members (excludes halogenated alkanes) is 46. The molecule has 4 heteroatoms. The molecule has 4 nitrogen and oxygen atoms in total. The SMILES string of the molecule is CCCCCCCCCCCCCC/C=C\CCCCCCCCCCCCCCC(=O)NC(CO)C(O)/C=C/CCCCCCCCCCCCCCCCCCCCCCCC. The molecule has 0 heterocycles. The lowest BCUT2D eigenvalue weighted by Gasteiger charge is -2.20. The highest BCUT2D eigenvalue weighted by Crippen LogP contribution is 2.18. The van der Waals surface area contributed by atoms with Gasteiger partial charge in [-0.3, -0.25) is 4.79 Å². The van der Waals surface area contributed by atoms with Crippen LogP contribution in [-0.4, -0.2) is 34.9 Å². The first kappa shape index (κ1) is 62.9. The Kier molecular flexibility index (Phi) is 55.2. The maximum atomic E-state index is 12.5. The van der Waals surface area contributed by atoms with Crippen LogP contribution in [0.1, 0.15) is 335 Å². The summed E-state index contributed by atoms with van der Waals surface area (Å²) in [6.45, 7) is 4.35. The van der Waals surface area contributed by atoms with E-state index in [4.69, 9.17) is 0 Å². The van der Waals surface area contributed by atoms with E-state index in [0.717, 1.165) is 25.7 Å². The van der Waals surface area contributed by atoms with Crippen molar-refractivity contribution < 1.29 is 15.0 Å². The van der Waals surface area contributed by atoms with Gasteiger partial charge >= 0.3 is 0 Å². The molecular formula is C60H117NO3. The van der Waals surface area contributed by atoms with E-state index in [2.05, 4.69) is 31.3 Å². The van der Waals surface area contributed by atoms with Crippen LogP contribution in [0.4, 0.5) is 0 Å². The van der Waals surface area contributed by atoms with E-state index in [9.17, 15) is 15.0 Å². The number of hydrogen-bond donors (Lipinski definition) is 3. The Hall–Kier alpha value is -1.13. The fourth-order valence-electron chi connectivity index (χ4n) is 9.41. The smallest absolute Gasteiger partial charge is 0.220 e. The molecule has 0 fully saturated rings. The van der Waals surface area contributed by atoms with Crippen LogP contribution in [0.5, 0.6) is 0 Å². The number of rotatable bonds is 55. The molecule has 0 aliphatic rings. The Morgan fingerprint density at radius 2 is 0.594 bits per heavy atom. The molecule has 64 heavy (non-hydrogen) atoms. The van der Waals surface area contributed by atoms with Crippen LogP contribution in [0.15, 0.2) is 24.3 Å². The van der Waals surface area contributed by atoms with Gasteiger partial charge in [-0.25, -0.2) is 0 Å². The monoisotopic (exact) mass is 900 g/mol.